The van der Waals surface area contributed by atoms with Gasteiger partial charge in [-0.2, -0.15) is 0 Å². The van der Waals surface area contributed by atoms with E-state index >= 15 is 0 Å². The minimum absolute atomic E-state index is 0.595. The molecule has 0 atom stereocenters. The highest BCUT2D eigenvalue weighted by molar-refractivity contribution is 6.30. The normalized spacial score (nSPS) is 10.8. The van der Waals surface area contributed by atoms with E-state index in [9.17, 15) is 0 Å². The minimum Gasteiger partial charge on any atom is -0.494 e. The third-order valence-electron chi connectivity index (χ3n) is 4.32. The number of halogens is 1. The van der Waals surface area contributed by atoms with Crippen molar-refractivity contribution < 1.29 is 4.74 Å². The summed E-state index contributed by atoms with van der Waals surface area (Å²) in [5.74, 6) is 2.01. The van der Waals surface area contributed by atoms with Gasteiger partial charge in [0, 0.05) is 35.4 Å². The zero-order valence-corrected chi connectivity index (χ0v) is 15.7. The Balaban J connectivity index is 1.96. The lowest BCUT2D eigenvalue weighted by Crippen LogP contribution is -2.01. The molecule has 0 amide bonds. The van der Waals surface area contributed by atoms with Gasteiger partial charge in [0.25, 0.3) is 0 Å². The first-order valence-corrected chi connectivity index (χ1v) is 8.81. The molecule has 0 fully saturated rings. The molecular weight excluding hydrogens is 360 g/mol. The van der Waals surface area contributed by atoms with Gasteiger partial charge in [-0.3, -0.25) is 4.98 Å². The van der Waals surface area contributed by atoms with Crippen molar-refractivity contribution in [2.45, 2.75) is 0 Å². The Labute approximate surface area is 162 Å². The van der Waals surface area contributed by atoms with E-state index in [4.69, 9.17) is 21.3 Å². The zero-order chi connectivity index (χ0) is 18.8. The van der Waals surface area contributed by atoms with E-state index in [-0.39, 0.29) is 0 Å². The maximum atomic E-state index is 6.02. The van der Waals surface area contributed by atoms with Crippen molar-refractivity contribution in [3.8, 4) is 28.3 Å². The van der Waals surface area contributed by atoms with Crippen LogP contribution >= 0.6 is 11.6 Å². The number of aromatic nitrogens is 3. The van der Waals surface area contributed by atoms with Gasteiger partial charge >= 0.3 is 0 Å². The summed E-state index contributed by atoms with van der Waals surface area (Å²) >= 11 is 6.02. The van der Waals surface area contributed by atoms with Crippen LogP contribution in [0.2, 0.25) is 5.02 Å². The van der Waals surface area contributed by atoms with Gasteiger partial charge in [0.2, 0.25) is 0 Å². The third kappa shape index (κ3) is 3.29. The maximum Gasteiger partial charge on any atom is 0.163 e. The summed E-state index contributed by atoms with van der Waals surface area (Å²) in [6.07, 6.45) is 3.47. The highest BCUT2D eigenvalue weighted by Gasteiger charge is 2.15. The van der Waals surface area contributed by atoms with E-state index in [0.29, 0.717) is 16.6 Å². The molecule has 134 valence electrons. The van der Waals surface area contributed by atoms with Crippen LogP contribution in [-0.4, -0.2) is 29.1 Å². The number of hydrogen-bond acceptors (Lipinski definition) is 5. The molecule has 2 heterocycles. The van der Waals surface area contributed by atoms with Gasteiger partial charge in [-0.1, -0.05) is 23.7 Å². The number of fused-ring (bicyclic) bond motifs is 1. The highest BCUT2D eigenvalue weighted by atomic mass is 35.5. The van der Waals surface area contributed by atoms with Gasteiger partial charge in [0.05, 0.1) is 7.11 Å². The summed E-state index contributed by atoms with van der Waals surface area (Å²) in [4.78, 5) is 13.6. The molecule has 2 aromatic carbocycles. The molecule has 2 aromatic heterocycles. The second kappa shape index (κ2) is 7.21. The summed E-state index contributed by atoms with van der Waals surface area (Å²) in [5, 5.41) is 4.76. The Kier molecular flexibility index (Phi) is 4.60. The predicted molar refractivity (Wildman–Crippen MR) is 109 cm³/mol. The third-order valence-corrected chi connectivity index (χ3v) is 4.57. The van der Waals surface area contributed by atoms with Crippen molar-refractivity contribution in [2.24, 2.45) is 0 Å². The fraction of sp³-hybridized carbons (Fsp3) is 0.0952. The number of nitrogens with zero attached hydrogens (tertiary/aromatic N) is 3. The van der Waals surface area contributed by atoms with Gasteiger partial charge in [-0.15, -0.1) is 0 Å². The number of nitrogens with one attached hydrogen (secondary N) is 1. The number of rotatable bonds is 4. The standard InChI is InChI=1S/C21H17ClN4O/c1-23-21-17-10-15(13-5-7-16(22)8-6-13)11-18(27-2)19(17)25-20(26-21)14-4-3-9-24-12-14/h3-12H,1-2H3,(H,23,25,26). The first kappa shape index (κ1) is 17.2. The van der Waals surface area contributed by atoms with Gasteiger partial charge in [0.1, 0.15) is 17.1 Å². The van der Waals surface area contributed by atoms with Crippen LogP contribution in [0.15, 0.2) is 60.9 Å². The van der Waals surface area contributed by atoms with Crippen LogP contribution in [-0.2, 0) is 0 Å². The number of ether oxygens (including phenoxy) is 1. The first-order chi connectivity index (χ1) is 13.2. The van der Waals surface area contributed by atoms with Crippen molar-refractivity contribution in [1.82, 2.24) is 15.0 Å². The molecule has 0 unspecified atom stereocenters. The van der Waals surface area contributed by atoms with E-state index in [2.05, 4.69) is 21.4 Å². The van der Waals surface area contributed by atoms with Crippen LogP contribution < -0.4 is 10.1 Å². The summed E-state index contributed by atoms with van der Waals surface area (Å²) < 4.78 is 5.64. The molecule has 0 radical (unpaired) electrons. The molecule has 4 rings (SSSR count). The van der Waals surface area contributed by atoms with Gasteiger partial charge < -0.3 is 10.1 Å². The molecule has 0 saturated heterocycles. The maximum absolute atomic E-state index is 6.02. The molecular formula is C21H17ClN4O. The summed E-state index contributed by atoms with van der Waals surface area (Å²) in [6, 6.07) is 15.5. The minimum atomic E-state index is 0.595. The predicted octanol–water partition coefficient (Wildman–Crippen LogP) is 5.06. The fourth-order valence-corrected chi connectivity index (χ4v) is 3.11. The Hall–Kier alpha value is -3.18. The van der Waals surface area contributed by atoms with Crippen LogP contribution in [0.4, 0.5) is 5.82 Å². The summed E-state index contributed by atoms with van der Waals surface area (Å²) in [5.41, 5.74) is 3.64. The van der Waals surface area contributed by atoms with Gasteiger partial charge in [-0.25, -0.2) is 9.97 Å². The average Bonchev–Trinajstić information content (AvgIpc) is 2.73. The molecule has 27 heavy (non-hydrogen) atoms. The second-order valence-electron chi connectivity index (χ2n) is 5.97. The lowest BCUT2D eigenvalue weighted by molar-refractivity contribution is 0.419. The average molecular weight is 377 g/mol. The molecule has 0 bridgehead atoms. The number of anilines is 1. The SMILES string of the molecule is CNc1nc(-c2cccnc2)nc2c(OC)cc(-c3ccc(Cl)cc3)cc12. The lowest BCUT2D eigenvalue weighted by Gasteiger charge is -2.13. The molecule has 5 nitrogen and oxygen atoms in total. The van der Waals surface area contributed by atoms with Crippen molar-refractivity contribution in [1.29, 1.82) is 0 Å². The monoisotopic (exact) mass is 376 g/mol. The smallest absolute Gasteiger partial charge is 0.163 e. The van der Waals surface area contributed by atoms with E-state index in [1.165, 1.54) is 0 Å². The summed E-state index contributed by atoms with van der Waals surface area (Å²) in [6.45, 7) is 0. The Morgan fingerprint density at radius 1 is 0.963 bits per heavy atom. The van der Waals surface area contributed by atoms with Crippen molar-refractivity contribution in [2.75, 3.05) is 19.5 Å². The molecule has 0 saturated carbocycles. The topological polar surface area (TPSA) is 59.9 Å². The highest BCUT2D eigenvalue weighted by Crippen LogP contribution is 2.35. The van der Waals surface area contributed by atoms with Crippen LogP contribution in [0.5, 0.6) is 5.75 Å². The Bertz CT molecular complexity index is 1100. The number of methoxy groups -OCH3 is 1. The first-order valence-electron chi connectivity index (χ1n) is 8.43. The quantitative estimate of drug-likeness (QED) is 0.539. The van der Waals surface area contributed by atoms with Crippen molar-refractivity contribution in [3.05, 3.63) is 65.9 Å². The molecule has 0 spiro atoms. The molecule has 6 heteroatoms. The fourth-order valence-electron chi connectivity index (χ4n) is 2.98. The summed E-state index contributed by atoms with van der Waals surface area (Å²) in [7, 11) is 3.49. The van der Waals surface area contributed by atoms with E-state index < -0.39 is 0 Å². The molecule has 0 aliphatic rings. The van der Waals surface area contributed by atoms with E-state index in [1.807, 2.05) is 49.5 Å². The number of benzene rings is 2. The van der Waals surface area contributed by atoms with Crippen molar-refractivity contribution >= 4 is 28.3 Å². The van der Waals surface area contributed by atoms with Crippen LogP contribution in [0.1, 0.15) is 0 Å². The largest absolute Gasteiger partial charge is 0.494 e. The van der Waals surface area contributed by atoms with Gasteiger partial charge in [-0.05, 0) is 47.5 Å². The molecule has 4 aromatic rings. The number of hydrogen-bond donors (Lipinski definition) is 1. The van der Waals surface area contributed by atoms with Crippen LogP contribution in [0.25, 0.3) is 33.4 Å². The van der Waals surface area contributed by atoms with Crippen LogP contribution in [0.3, 0.4) is 0 Å². The Morgan fingerprint density at radius 2 is 1.78 bits per heavy atom. The number of pyridine rings is 1. The Morgan fingerprint density at radius 3 is 2.44 bits per heavy atom. The molecule has 1 N–H and O–H groups in total. The molecule has 0 aliphatic heterocycles. The lowest BCUT2D eigenvalue weighted by atomic mass is 10.0. The second-order valence-corrected chi connectivity index (χ2v) is 6.41. The van der Waals surface area contributed by atoms with Gasteiger partial charge in [0.15, 0.2) is 5.82 Å². The zero-order valence-electron chi connectivity index (χ0n) is 14.9. The van der Waals surface area contributed by atoms with Crippen molar-refractivity contribution in [3.63, 3.8) is 0 Å². The molecule has 0 aliphatic carbocycles. The van der Waals surface area contributed by atoms with E-state index in [1.54, 1.807) is 19.5 Å². The van der Waals surface area contributed by atoms with Crippen LogP contribution in [0, 0.1) is 0 Å². The van der Waals surface area contributed by atoms with E-state index in [0.717, 1.165) is 33.4 Å².